The largest absolute Gasteiger partial charge is 0.507 e. The number of ketones is 1. The van der Waals surface area contributed by atoms with Gasteiger partial charge in [0.05, 0.1) is 45.2 Å². The van der Waals surface area contributed by atoms with E-state index in [-0.39, 0.29) is 11.3 Å². The molecule has 1 amide bonds. The molecule has 9 nitrogen and oxygen atoms in total. The molecule has 0 spiro atoms. The van der Waals surface area contributed by atoms with Gasteiger partial charge in [0.1, 0.15) is 11.5 Å². The van der Waals surface area contributed by atoms with Crippen molar-refractivity contribution in [3.05, 3.63) is 58.7 Å². The fourth-order valence-corrected chi connectivity index (χ4v) is 5.27. The molecule has 2 aromatic rings. The summed E-state index contributed by atoms with van der Waals surface area (Å²) >= 11 is 0. The zero-order valence-electron chi connectivity index (χ0n) is 25.5. The van der Waals surface area contributed by atoms with Crippen LogP contribution in [0.1, 0.15) is 56.3 Å². The van der Waals surface area contributed by atoms with Crippen LogP contribution in [0.5, 0.6) is 17.2 Å². The number of benzene rings is 2. The van der Waals surface area contributed by atoms with Crippen LogP contribution < -0.4 is 14.2 Å². The molecule has 0 aliphatic carbocycles. The highest BCUT2D eigenvalue weighted by atomic mass is 16.5. The minimum atomic E-state index is -0.792. The summed E-state index contributed by atoms with van der Waals surface area (Å²) in [6.45, 7) is 13.0. The van der Waals surface area contributed by atoms with Crippen LogP contribution in [0.25, 0.3) is 5.76 Å². The zero-order valence-corrected chi connectivity index (χ0v) is 25.5. The number of methoxy groups -OCH3 is 1. The summed E-state index contributed by atoms with van der Waals surface area (Å²) in [6, 6.07) is 9.99. The van der Waals surface area contributed by atoms with Crippen molar-refractivity contribution < 1.29 is 33.6 Å². The number of rotatable bonds is 13. The normalized spacial score (nSPS) is 19.0. The molecule has 0 radical (unpaired) electrons. The van der Waals surface area contributed by atoms with Crippen molar-refractivity contribution in [3.63, 3.8) is 0 Å². The second-order valence-electron chi connectivity index (χ2n) is 11.2. The molecule has 4 rings (SSSR count). The third-order valence-electron chi connectivity index (χ3n) is 7.68. The Balaban J connectivity index is 1.74. The van der Waals surface area contributed by atoms with E-state index in [0.29, 0.717) is 73.8 Å². The number of morpholine rings is 1. The van der Waals surface area contributed by atoms with Gasteiger partial charge in [-0.1, -0.05) is 26.8 Å². The van der Waals surface area contributed by atoms with Gasteiger partial charge in [0.25, 0.3) is 11.7 Å². The molecule has 2 aromatic carbocycles. The van der Waals surface area contributed by atoms with Crippen molar-refractivity contribution in [1.29, 1.82) is 0 Å². The van der Waals surface area contributed by atoms with Gasteiger partial charge in [-0.3, -0.25) is 14.5 Å². The first-order valence-electron chi connectivity index (χ1n) is 14.9. The molecular weight excluding hydrogens is 536 g/mol. The highest BCUT2D eigenvalue weighted by Gasteiger charge is 2.46. The second kappa shape index (κ2) is 14.6. The number of hydrogen-bond acceptors (Lipinski definition) is 8. The van der Waals surface area contributed by atoms with Crippen molar-refractivity contribution in [3.8, 4) is 17.2 Å². The predicted octanol–water partition coefficient (Wildman–Crippen LogP) is 4.97. The molecule has 0 bridgehead atoms. The molecule has 228 valence electrons. The molecule has 1 unspecified atom stereocenters. The van der Waals surface area contributed by atoms with Crippen LogP contribution in [0, 0.1) is 12.8 Å². The fraction of sp³-hybridized carbons (Fsp3) is 0.515. The van der Waals surface area contributed by atoms with Gasteiger partial charge >= 0.3 is 0 Å². The van der Waals surface area contributed by atoms with E-state index in [1.54, 1.807) is 30.2 Å². The van der Waals surface area contributed by atoms with Gasteiger partial charge in [-0.05, 0) is 67.1 Å². The topological polar surface area (TPSA) is 97.8 Å². The van der Waals surface area contributed by atoms with Crippen molar-refractivity contribution >= 4 is 17.4 Å². The Bertz CT molecular complexity index is 1280. The molecule has 2 aliphatic rings. The standard InChI is InChI=1S/C33H44N2O7/c1-6-16-41-25-8-9-26(23(4)20-25)31(36)29-30(24-7-10-27(28(21-24)39-5)42-17-11-22(2)3)35(33(38)32(29)37)13-12-34-14-18-40-19-15-34/h7-10,20-22,30,36H,6,11-19H2,1-5H3. The minimum Gasteiger partial charge on any atom is -0.507 e. The number of hydrogen-bond donors (Lipinski definition) is 1. The fourth-order valence-electron chi connectivity index (χ4n) is 5.27. The Kier molecular flexibility index (Phi) is 10.9. The van der Waals surface area contributed by atoms with Crippen LogP contribution in [0.2, 0.25) is 0 Å². The van der Waals surface area contributed by atoms with Crippen LogP contribution >= 0.6 is 0 Å². The molecule has 2 saturated heterocycles. The predicted molar refractivity (Wildman–Crippen MR) is 161 cm³/mol. The Hall–Kier alpha value is -3.56. The summed E-state index contributed by atoms with van der Waals surface area (Å²) in [4.78, 5) is 30.9. The number of Topliss-reactive ketones (excluding diaryl/α,β-unsaturated/α-hetero) is 1. The lowest BCUT2D eigenvalue weighted by Crippen LogP contribution is -2.42. The highest BCUT2D eigenvalue weighted by molar-refractivity contribution is 6.46. The molecule has 1 N–H and O–H groups in total. The van der Waals surface area contributed by atoms with Crippen molar-refractivity contribution in [2.75, 3.05) is 59.7 Å². The monoisotopic (exact) mass is 580 g/mol. The van der Waals surface area contributed by atoms with E-state index in [1.165, 1.54) is 0 Å². The number of nitrogens with zero attached hydrogens (tertiary/aromatic N) is 2. The van der Waals surface area contributed by atoms with Crippen molar-refractivity contribution in [2.24, 2.45) is 5.92 Å². The maximum atomic E-state index is 13.6. The van der Waals surface area contributed by atoms with E-state index in [1.807, 2.05) is 32.0 Å². The number of ether oxygens (including phenoxy) is 4. The third-order valence-corrected chi connectivity index (χ3v) is 7.68. The molecule has 2 fully saturated rings. The van der Waals surface area contributed by atoms with E-state index >= 15 is 0 Å². The summed E-state index contributed by atoms with van der Waals surface area (Å²) in [5.74, 6) is 0.730. The van der Waals surface area contributed by atoms with E-state index in [4.69, 9.17) is 18.9 Å². The van der Waals surface area contributed by atoms with Crippen LogP contribution in [0.15, 0.2) is 42.0 Å². The maximum Gasteiger partial charge on any atom is 0.295 e. The molecule has 42 heavy (non-hydrogen) atoms. The Morgan fingerprint density at radius 2 is 1.79 bits per heavy atom. The Morgan fingerprint density at radius 3 is 2.45 bits per heavy atom. The van der Waals surface area contributed by atoms with Crippen LogP contribution in [0.3, 0.4) is 0 Å². The van der Waals surface area contributed by atoms with Crippen LogP contribution in [-0.2, 0) is 14.3 Å². The molecule has 9 heteroatoms. The number of likely N-dealkylation sites (tertiary alicyclic amines) is 1. The van der Waals surface area contributed by atoms with Gasteiger partial charge in [-0.2, -0.15) is 0 Å². The third kappa shape index (κ3) is 7.25. The van der Waals surface area contributed by atoms with Gasteiger partial charge in [-0.25, -0.2) is 0 Å². The number of aliphatic hydroxyl groups excluding tert-OH is 1. The molecule has 2 aliphatic heterocycles. The first kappa shape index (κ1) is 31.4. The average Bonchev–Trinajstić information content (AvgIpc) is 3.24. The summed E-state index contributed by atoms with van der Waals surface area (Å²) < 4.78 is 22.9. The van der Waals surface area contributed by atoms with Gasteiger partial charge in [0.2, 0.25) is 0 Å². The lowest BCUT2D eigenvalue weighted by atomic mass is 9.93. The quantitative estimate of drug-likeness (QED) is 0.202. The number of amides is 1. The molecular formula is C33H44N2O7. The SMILES string of the molecule is CCCOc1ccc(C(O)=C2C(=O)C(=O)N(CCN3CCOCC3)C2c2ccc(OCCC(C)C)c(OC)c2)c(C)c1. The van der Waals surface area contributed by atoms with Crippen LogP contribution in [0.4, 0.5) is 0 Å². The summed E-state index contributed by atoms with van der Waals surface area (Å²) in [7, 11) is 1.56. The van der Waals surface area contributed by atoms with E-state index < -0.39 is 17.7 Å². The summed E-state index contributed by atoms with van der Waals surface area (Å²) in [5.41, 5.74) is 1.94. The van der Waals surface area contributed by atoms with Crippen molar-refractivity contribution in [1.82, 2.24) is 9.80 Å². The Labute approximate surface area is 249 Å². The molecule has 2 heterocycles. The van der Waals surface area contributed by atoms with Gasteiger partial charge in [0, 0.05) is 31.7 Å². The summed E-state index contributed by atoms with van der Waals surface area (Å²) in [6.07, 6.45) is 1.77. The molecule has 0 saturated carbocycles. The summed E-state index contributed by atoms with van der Waals surface area (Å²) in [5, 5.41) is 11.6. The van der Waals surface area contributed by atoms with E-state index in [9.17, 15) is 14.7 Å². The van der Waals surface area contributed by atoms with E-state index in [2.05, 4.69) is 18.7 Å². The number of aryl methyl sites for hydroxylation is 1. The first-order chi connectivity index (χ1) is 20.2. The highest BCUT2D eigenvalue weighted by Crippen LogP contribution is 2.42. The second-order valence-corrected chi connectivity index (χ2v) is 11.2. The van der Waals surface area contributed by atoms with Crippen LogP contribution in [-0.4, -0.2) is 86.3 Å². The molecule has 1 atom stereocenters. The number of carbonyl (C=O) groups excluding carboxylic acids is 2. The average molecular weight is 581 g/mol. The maximum absolute atomic E-state index is 13.6. The lowest BCUT2D eigenvalue weighted by molar-refractivity contribution is -0.140. The first-order valence-corrected chi connectivity index (χ1v) is 14.9. The number of carbonyl (C=O) groups is 2. The zero-order chi connectivity index (χ0) is 30.2. The Morgan fingerprint density at radius 1 is 1.02 bits per heavy atom. The number of aliphatic hydroxyl groups is 1. The molecule has 0 aromatic heterocycles. The van der Waals surface area contributed by atoms with Gasteiger partial charge in [-0.15, -0.1) is 0 Å². The lowest BCUT2D eigenvalue weighted by Gasteiger charge is -2.31. The minimum absolute atomic E-state index is 0.0582. The van der Waals surface area contributed by atoms with Gasteiger partial charge in [0.15, 0.2) is 11.5 Å². The van der Waals surface area contributed by atoms with Gasteiger partial charge < -0.3 is 29.0 Å². The smallest absolute Gasteiger partial charge is 0.295 e. The van der Waals surface area contributed by atoms with Crippen molar-refractivity contribution in [2.45, 2.75) is 46.6 Å². The van der Waals surface area contributed by atoms with E-state index in [0.717, 1.165) is 31.5 Å².